The highest BCUT2D eigenvalue weighted by molar-refractivity contribution is 7.98. The van der Waals surface area contributed by atoms with E-state index < -0.39 is 13.7 Å². The van der Waals surface area contributed by atoms with Crippen molar-refractivity contribution >= 4 is 31.6 Å². The van der Waals surface area contributed by atoms with Crippen molar-refractivity contribution in [2.45, 2.75) is 35.0 Å². The Morgan fingerprint density at radius 2 is 1.03 bits per heavy atom. The topological polar surface area (TPSA) is 20.2 Å². The highest BCUT2D eigenvalue weighted by atomic mass is 32.2. The molecule has 0 unspecified atom stereocenters. The molecule has 0 bridgehead atoms. The van der Waals surface area contributed by atoms with E-state index >= 15 is 0 Å². The Kier molecular flexibility index (Phi) is 7.20. The highest BCUT2D eigenvalue weighted by Gasteiger charge is 2.33. The maximum atomic E-state index is 12.1. The first-order chi connectivity index (χ1) is 14.3. The second-order valence-corrected chi connectivity index (χ2v) is 14.8. The summed E-state index contributed by atoms with van der Waals surface area (Å²) in [6.45, 7) is 6.72. The van der Waals surface area contributed by atoms with Gasteiger partial charge >= 0.3 is 0 Å². The molecular weight excluding hydrogens is 421 g/mol. The van der Waals surface area contributed by atoms with Crippen LogP contribution in [0.1, 0.15) is 22.3 Å². The van der Waals surface area contributed by atoms with Crippen LogP contribution in [0.5, 0.6) is 0 Å². The van der Waals surface area contributed by atoms with Gasteiger partial charge in [-0.2, -0.15) is 0 Å². The summed E-state index contributed by atoms with van der Waals surface area (Å²) in [7, 11) is -1.43. The Balaban J connectivity index is 2.09. The summed E-state index contributed by atoms with van der Waals surface area (Å²) in [4.78, 5) is 2.35. The number of rotatable bonds is 5. The molecule has 0 aliphatic rings. The molecule has 0 fully saturated rings. The summed E-state index contributed by atoms with van der Waals surface area (Å²) in [5.41, 5.74) is 5.73. The van der Waals surface area contributed by atoms with Crippen LogP contribution in [-0.2, 0) is 5.60 Å². The van der Waals surface area contributed by atoms with Gasteiger partial charge < -0.3 is 5.11 Å². The van der Waals surface area contributed by atoms with Crippen LogP contribution in [0.15, 0.2) is 82.6 Å². The molecular formula is C26H28OS2Si. The van der Waals surface area contributed by atoms with E-state index in [1.54, 1.807) is 23.5 Å². The van der Waals surface area contributed by atoms with Gasteiger partial charge in [-0.3, -0.25) is 0 Å². The zero-order valence-electron chi connectivity index (χ0n) is 18.2. The molecule has 0 saturated carbocycles. The summed E-state index contributed by atoms with van der Waals surface area (Å²) in [5, 5.41) is 12.1. The quantitative estimate of drug-likeness (QED) is 0.204. The molecule has 30 heavy (non-hydrogen) atoms. The van der Waals surface area contributed by atoms with Crippen molar-refractivity contribution < 1.29 is 5.11 Å². The van der Waals surface area contributed by atoms with Crippen LogP contribution in [0.4, 0.5) is 0 Å². The molecule has 3 aromatic carbocycles. The first kappa shape index (κ1) is 22.8. The molecule has 154 valence electrons. The van der Waals surface area contributed by atoms with E-state index in [1.807, 2.05) is 48.5 Å². The number of hydrogen-bond acceptors (Lipinski definition) is 3. The zero-order chi connectivity index (χ0) is 21.8. The minimum Gasteiger partial charge on any atom is -0.376 e. The standard InChI is InChI=1S/C26H28OS2Si/c1-28-24-14-10-22(11-15-24)26(27,23-12-16-25(29-2)17-13-23)21-8-6-20(7-9-21)18-19-30(3,4)5/h6-17,27H,1-5H3. The predicted molar refractivity (Wildman–Crippen MR) is 135 cm³/mol. The van der Waals surface area contributed by atoms with E-state index in [4.69, 9.17) is 0 Å². The van der Waals surface area contributed by atoms with Gasteiger partial charge in [0.2, 0.25) is 0 Å². The molecule has 3 aromatic rings. The van der Waals surface area contributed by atoms with E-state index in [-0.39, 0.29) is 0 Å². The second kappa shape index (κ2) is 9.49. The third kappa shape index (κ3) is 5.22. The van der Waals surface area contributed by atoms with Crippen molar-refractivity contribution in [1.82, 2.24) is 0 Å². The van der Waals surface area contributed by atoms with E-state index in [0.29, 0.717) is 0 Å². The molecule has 0 aliphatic carbocycles. The van der Waals surface area contributed by atoms with E-state index in [0.717, 1.165) is 22.3 Å². The molecule has 4 heteroatoms. The van der Waals surface area contributed by atoms with Crippen molar-refractivity contribution in [2.24, 2.45) is 0 Å². The smallest absolute Gasteiger partial charge is 0.140 e. The first-order valence-corrected chi connectivity index (χ1v) is 15.9. The Hall–Kier alpha value is -1.90. The predicted octanol–water partition coefficient (Wildman–Crippen LogP) is 6.64. The Bertz CT molecular complexity index is 990. The monoisotopic (exact) mass is 448 g/mol. The molecule has 3 rings (SSSR count). The Labute approximate surface area is 190 Å². The molecule has 1 nitrogen and oxygen atoms in total. The van der Waals surface area contributed by atoms with Crippen molar-refractivity contribution in [3.05, 3.63) is 95.1 Å². The lowest BCUT2D eigenvalue weighted by Crippen LogP contribution is -2.28. The third-order valence-corrected chi connectivity index (χ3v) is 7.26. The minimum atomic E-state index is -1.43. The summed E-state index contributed by atoms with van der Waals surface area (Å²) < 4.78 is 0. The number of thioether (sulfide) groups is 2. The number of benzene rings is 3. The fourth-order valence-electron chi connectivity index (χ4n) is 3.22. The van der Waals surface area contributed by atoms with Gasteiger partial charge in [-0.25, -0.2) is 0 Å². The van der Waals surface area contributed by atoms with Crippen molar-refractivity contribution in [2.75, 3.05) is 12.5 Å². The van der Waals surface area contributed by atoms with Crippen molar-refractivity contribution in [3.63, 3.8) is 0 Å². The Morgan fingerprint density at radius 3 is 1.37 bits per heavy atom. The van der Waals surface area contributed by atoms with Crippen molar-refractivity contribution in [3.8, 4) is 11.5 Å². The maximum absolute atomic E-state index is 12.1. The van der Waals surface area contributed by atoms with Crippen LogP contribution in [-0.4, -0.2) is 25.7 Å². The van der Waals surface area contributed by atoms with E-state index in [1.165, 1.54) is 9.79 Å². The zero-order valence-corrected chi connectivity index (χ0v) is 20.8. The normalized spacial score (nSPS) is 11.7. The molecule has 0 atom stereocenters. The average molecular weight is 449 g/mol. The number of hydrogen-bond donors (Lipinski definition) is 1. The SMILES string of the molecule is CSc1ccc(C(O)(c2ccc(C#C[Si](C)(C)C)cc2)c2ccc(SC)cc2)cc1. The van der Waals surface area contributed by atoms with Gasteiger partial charge in [0.15, 0.2) is 0 Å². The van der Waals surface area contributed by atoms with E-state index in [9.17, 15) is 5.11 Å². The molecule has 0 aliphatic heterocycles. The van der Waals surface area contributed by atoms with Crippen LogP contribution in [0.25, 0.3) is 0 Å². The third-order valence-electron chi connectivity index (χ3n) is 4.90. The maximum Gasteiger partial charge on any atom is 0.140 e. The summed E-state index contributed by atoms with van der Waals surface area (Å²) in [6.07, 6.45) is 4.12. The van der Waals surface area contributed by atoms with Gasteiger partial charge in [0.25, 0.3) is 0 Å². The summed E-state index contributed by atoms with van der Waals surface area (Å²) in [5.74, 6) is 3.30. The molecule has 0 radical (unpaired) electrons. The van der Waals surface area contributed by atoms with Crippen molar-refractivity contribution in [1.29, 1.82) is 0 Å². The lowest BCUT2D eigenvalue weighted by molar-refractivity contribution is 0.125. The average Bonchev–Trinajstić information content (AvgIpc) is 2.77. The van der Waals surface area contributed by atoms with Crippen LogP contribution in [0.3, 0.4) is 0 Å². The van der Waals surface area contributed by atoms with Gasteiger partial charge in [0, 0.05) is 15.4 Å². The Morgan fingerprint density at radius 1 is 0.667 bits per heavy atom. The lowest BCUT2D eigenvalue weighted by Gasteiger charge is -2.30. The molecule has 1 N–H and O–H groups in total. The fourth-order valence-corrected chi connectivity index (χ4v) is 4.55. The fraction of sp³-hybridized carbons (Fsp3) is 0.231. The first-order valence-electron chi connectivity index (χ1n) is 9.91. The molecule has 0 saturated heterocycles. The molecule has 0 amide bonds. The summed E-state index contributed by atoms with van der Waals surface area (Å²) >= 11 is 3.40. The van der Waals surface area contributed by atoms with Crippen LogP contribution in [0, 0.1) is 11.5 Å². The summed E-state index contributed by atoms with van der Waals surface area (Å²) in [6, 6.07) is 24.4. The van der Waals surface area contributed by atoms with Crippen LogP contribution >= 0.6 is 23.5 Å². The second-order valence-electron chi connectivity index (χ2n) is 8.24. The van der Waals surface area contributed by atoms with Crippen LogP contribution in [0.2, 0.25) is 19.6 Å². The lowest BCUT2D eigenvalue weighted by atomic mass is 9.80. The largest absolute Gasteiger partial charge is 0.376 e. The van der Waals surface area contributed by atoms with Gasteiger partial charge in [-0.15, -0.1) is 29.1 Å². The molecule has 0 heterocycles. The van der Waals surface area contributed by atoms with Crippen LogP contribution < -0.4 is 0 Å². The van der Waals surface area contributed by atoms with Gasteiger partial charge in [0.1, 0.15) is 13.7 Å². The van der Waals surface area contributed by atoms with Gasteiger partial charge in [-0.1, -0.05) is 62.0 Å². The number of aliphatic hydroxyl groups is 1. The minimum absolute atomic E-state index is 0.842. The molecule has 0 spiro atoms. The van der Waals surface area contributed by atoms with Gasteiger partial charge in [0.05, 0.1) is 0 Å². The highest BCUT2D eigenvalue weighted by Crippen LogP contribution is 2.38. The van der Waals surface area contributed by atoms with Gasteiger partial charge in [-0.05, 0) is 65.6 Å². The molecule has 0 aromatic heterocycles. The van der Waals surface area contributed by atoms with E-state index in [2.05, 4.69) is 67.9 Å².